The molecule has 0 aromatic heterocycles. The van der Waals surface area contributed by atoms with Crippen molar-refractivity contribution in [3.8, 4) is 11.1 Å². The van der Waals surface area contributed by atoms with Crippen LogP contribution >= 0.6 is 0 Å². The molecule has 0 unspecified atom stereocenters. The Morgan fingerprint density at radius 2 is 1.27 bits per heavy atom. The summed E-state index contributed by atoms with van der Waals surface area (Å²) in [5.74, 6) is -1.10. The zero-order chi connectivity index (χ0) is 31.4. The number of fused-ring (bicyclic) bond motifs is 3. The minimum Gasteiger partial charge on any atom is -0.464 e. The molecule has 0 radical (unpaired) electrons. The minimum atomic E-state index is -4.31. The number of carbonyl (C=O) groups excluding carboxylic acids is 2. The van der Waals surface area contributed by atoms with Crippen LogP contribution in [0.25, 0.3) is 11.1 Å². The third-order valence-electron chi connectivity index (χ3n) is 8.24. The zero-order valence-electron chi connectivity index (χ0n) is 25.7. The molecule has 2 atom stereocenters. The highest BCUT2D eigenvalue weighted by molar-refractivity contribution is 7.89. The number of carbonyl (C=O) groups is 2. The van der Waals surface area contributed by atoms with Crippen LogP contribution in [-0.4, -0.2) is 37.9 Å². The molecule has 1 aliphatic rings. The van der Waals surface area contributed by atoms with Gasteiger partial charge in [0.05, 0.1) is 11.5 Å². The Morgan fingerprint density at radius 3 is 1.91 bits per heavy atom. The summed E-state index contributed by atoms with van der Waals surface area (Å²) in [4.78, 5) is 26.0. The summed E-state index contributed by atoms with van der Waals surface area (Å²) in [6.45, 7) is 2.37. The fourth-order valence-electron chi connectivity index (χ4n) is 5.70. The summed E-state index contributed by atoms with van der Waals surface area (Å²) in [6.07, 6.45) is 12.6. The van der Waals surface area contributed by atoms with Crippen molar-refractivity contribution >= 4 is 21.8 Å². The Kier molecular flexibility index (Phi) is 12.7. The summed E-state index contributed by atoms with van der Waals surface area (Å²) in [7, 11) is -4.31. The second-order valence-electron chi connectivity index (χ2n) is 11.6. The van der Waals surface area contributed by atoms with E-state index < -0.39 is 28.1 Å². The second kappa shape index (κ2) is 16.7. The maximum atomic E-state index is 13.5. The summed E-state index contributed by atoms with van der Waals surface area (Å²) in [5, 5.41) is 11.1. The highest BCUT2D eigenvalue weighted by Crippen LogP contribution is 2.37. The third kappa shape index (κ3) is 8.87. The summed E-state index contributed by atoms with van der Waals surface area (Å²) < 4.78 is 34.9. The number of aliphatic hydroxyl groups is 1. The van der Waals surface area contributed by atoms with Crippen molar-refractivity contribution < 1.29 is 27.9 Å². The molecule has 0 bridgehead atoms. The number of unbranched alkanes of at least 4 members (excludes halogenated alkanes) is 11. The normalized spacial score (nSPS) is 13.7. The molecule has 0 saturated carbocycles. The number of sulfonamides is 1. The Bertz CT molecular complexity index is 1490. The van der Waals surface area contributed by atoms with Gasteiger partial charge in [-0.3, -0.25) is 9.59 Å². The van der Waals surface area contributed by atoms with Crippen LogP contribution in [0.2, 0.25) is 0 Å². The number of rotatable bonds is 19. The molecule has 7 nitrogen and oxygen atoms in total. The van der Waals surface area contributed by atoms with Gasteiger partial charge in [-0.25, -0.2) is 8.42 Å². The Balaban J connectivity index is 1.33. The van der Waals surface area contributed by atoms with E-state index in [-0.39, 0.29) is 22.8 Å². The van der Waals surface area contributed by atoms with Crippen molar-refractivity contribution in [1.82, 2.24) is 4.72 Å². The maximum Gasteiger partial charge on any atom is 0.327 e. The average molecular weight is 620 g/mol. The SMILES string of the molecule is CCCCCCCCCCCCCCOC(=O)[C@H](NS(=O)(=O)c1ccc2c(c1)C(=O)c1ccccc1-2)[C@H](O)c1ccccc1. The van der Waals surface area contributed by atoms with Crippen molar-refractivity contribution in [3.63, 3.8) is 0 Å². The lowest BCUT2D eigenvalue weighted by Crippen LogP contribution is -2.46. The molecule has 0 heterocycles. The first kappa shape index (κ1) is 33.6. The van der Waals surface area contributed by atoms with Gasteiger partial charge >= 0.3 is 5.97 Å². The van der Waals surface area contributed by atoms with E-state index in [9.17, 15) is 23.1 Å². The summed E-state index contributed by atoms with van der Waals surface area (Å²) >= 11 is 0. The molecular formula is C36H45NO6S. The van der Waals surface area contributed by atoms with Crippen LogP contribution in [0.3, 0.4) is 0 Å². The molecule has 8 heteroatoms. The van der Waals surface area contributed by atoms with Crippen molar-refractivity contribution in [1.29, 1.82) is 0 Å². The van der Waals surface area contributed by atoms with Gasteiger partial charge in [-0.2, -0.15) is 4.72 Å². The second-order valence-corrected chi connectivity index (χ2v) is 13.3. The third-order valence-corrected chi connectivity index (χ3v) is 9.68. The van der Waals surface area contributed by atoms with Crippen LogP contribution in [0, 0.1) is 0 Å². The molecule has 0 aliphatic heterocycles. The summed E-state index contributed by atoms with van der Waals surface area (Å²) in [6, 6.07) is 18.3. The van der Waals surface area contributed by atoms with Gasteiger partial charge in [0, 0.05) is 11.1 Å². The molecule has 3 aromatic rings. The molecule has 44 heavy (non-hydrogen) atoms. The van der Waals surface area contributed by atoms with E-state index in [4.69, 9.17) is 4.74 Å². The molecule has 2 N–H and O–H groups in total. The number of aliphatic hydroxyl groups excluding tert-OH is 1. The molecule has 0 saturated heterocycles. The van der Waals surface area contributed by atoms with Crippen LogP contribution in [-0.2, 0) is 19.6 Å². The lowest BCUT2D eigenvalue weighted by atomic mass is 10.0. The summed E-state index contributed by atoms with van der Waals surface area (Å²) in [5.41, 5.74) is 2.59. The number of ether oxygens (including phenoxy) is 1. The van der Waals surface area contributed by atoms with Crippen molar-refractivity contribution in [2.24, 2.45) is 0 Å². The first-order valence-corrected chi connectivity index (χ1v) is 17.5. The van der Waals surface area contributed by atoms with E-state index in [1.54, 1.807) is 48.5 Å². The van der Waals surface area contributed by atoms with E-state index in [2.05, 4.69) is 11.6 Å². The van der Waals surface area contributed by atoms with Crippen molar-refractivity contribution in [2.45, 2.75) is 101 Å². The van der Waals surface area contributed by atoms with Crippen molar-refractivity contribution in [2.75, 3.05) is 6.61 Å². The first-order chi connectivity index (χ1) is 21.3. The zero-order valence-corrected chi connectivity index (χ0v) is 26.5. The molecule has 0 fully saturated rings. The van der Waals surface area contributed by atoms with Gasteiger partial charge in [0.1, 0.15) is 12.1 Å². The number of benzene rings is 3. The molecule has 1 aliphatic carbocycles. The van der Waals surface area contributed by atoms with E-state index >= 15 is 0 Å². The molecule has 236 valence electrons. The van der Waals surface area contributed by atoms with E-state index in [1.807, 2.05) is 12.1 Å². The standard InChI is InChI=1S/C36H45NO6S/c1-2-3-4-5-6-7-8-9-10-11-12-18-25-43-36(40)33(34(38)27-19-14-13-15-20-27)37-44(41,42)28-23-24-30-29-21-16-17-22-31(29)35(39)32(30)26-28/h13-17,19-24,26,33-34,37-38H,2-12,18,25H2,1H3/t33-,34-/m1/s1. The van der Waals surface area contributed by atoms with Gasteiger partial charge < -0.3 is 9.84 Å². The van der Waals surface area contributed by atoms with Crippen LogP contribution < -0.4 is 4.72 Å². The van der Waals surface area contributed by atoms with Gasteiger partial charge in [0.15, 0.2) is 5.78 Å². The number of nitrogens with one attached hydrogen (secondary N) is 1. The van der Waals surface area contributed by atoms with Crippen LogP contribution in [0.5, 0.6) is 0 Å². The lowest BCUT2D eigenvalue weighted by Gasteiger charge is -2.23. The van der Waals surface area contributed by atoms with Crippen molar-refractivity contribution in [3.05, 3.63) is 89.5 Å². The monoisotopic (exact) mass is 619 g/mol. The first-order valence-electron chi connectivity index (χ1n) is 16.0. The number of hydrogen-bond donors (Lipinski definition) is 2. The fourth-order valence-corrected chi connectivity index (χ4v) is 6.91. The fraction of sp³-hybridized carbons (Fsp3) is 0.444. The smallest absolute Gasteiger partial charge is 0.327 e. The Hall–Kier alpha value is -3.33. The quantitative estimate of drug-likeness (QED) is 0.0830. The highest BCUT2D eigenvalue weighted by atomic mass is 32.2. The topological polar surface area (TPSA) is 110 Å². The van der Waals surface area contributed by atoms with Gasteiger partial charge in [0.2, 0.25) is 10.0 Å². The van der Waals surface area contributed by atoms with Gasteiger partial charge in [-0.15, -0.1) is 0 Å². The number of hydrogen-bond acceptors (Lipinski definition) is 6. The van der Waals surface area contributed by atoms with Gasteiger partial charge in [-0.1, -0.05) is 138 Å². The van der Waals surface area contributed by atoms with Gasteiger partial charge in [-0.05, 0) is 35.2 Å². The van der Waals surface area contributed by atoms with Crippen LogP contribution in [0.1, 0.15) is 112 Å². The van der Waals surface area contributed by atoms with Crippen LogP contribution in [0.15, 0.2) is 77.7 Å². The predicted molar refractivity (Wildman–Crippen MR) is 173 cm³/mol. The van der Waals surface area contributed by atoms with Crippen LogP contribution in [0.4, 0.5) is 0 Å². The highest BCUT2D eigenvalue weighted by Gasteiger charge is 2.35. The van der Waals surface area contributed by atoms with E-state index in [1.165, 1.54) is 63.5 Å². The molecule has 0 amide bonds. The number of esters is 1. The molecule has 0 spiro atoms. The van der Waals surface area contributed by atoms with E-state index in [0.29, 0.717) is 23.1 Å². The molecular weight excluding hydrogens is 574 g/mol. The predicted octanol–water partition coefficient (Wildman–Crippen LogP) is 7.52. The Labute approximate surface area is 262 Å². The number of ketones is 1. The largest absolute Gasteiger partial charge is 0.464 e. The maximum absolute atomic E-state index is 13.5. The minimum absolute atomic E-state index is 0.140. The molecule has 3 aromatic carbocycles. The molecule has 4 rings (SSSR count). The van der Waals surface area contributed by atoms with E-state index in [0.717, 1.165) is 24.8 Å². The van der Waals surface area contributed by atoms with Gasteiger partial charge in [0.25, 0.3) is 0 Å². The Morgan fingerprint density at radius 1 is 0.727 bits per heavy atom. The average Bonchev–Trinajstić information content (AvgIpc) is 3.33. The lowest BCUT2D eigenvalue weighted by molar-refractivity contribution is -0.148.